The van der Waals surface area contributed by atoms with Gasteiger partial charge in [0.05, 0.1) is 12.5 Å². The van der Waals surface area contributed by atoms with E-state index in [4.69, 9.17) is 9.57 Å². The van der Waals surface area contributed by atoms with Crippen LogP contribution in [0.5, 0.6) is 0 Å². The number of carbonyl (C=O) groups is 1. The van der Waals surface area contributed by atoms with E-state index >= 15 is 0 Å². The van der Waals surface area contributed by atoms with Gasteiger partial charge in [0.1, 0.15) is 0 Å². The largest absolute Gasteiger partial charge is 0.396 e. The van der Waals surface area contributed by atoms with Gasteiger partial charge in [-0.05, 0) is 74.5 Å². The van der Waals surface area contributed by atoms with Gasteiger partial charge in [-0.25, -0.2) is 10.3 Å². The minimum atomic E-state index is -0.328. The number of nitrogens with one attached hydrogen (secondary N) is 1. The van der Waals surface area contributed by atoms with Crippen molar-refractivity contribution in [1.82, 2.24) is 5.48 Å². The number of carbonyl (C=O) groups excluding carboxylic acids is 1. The van der Waals surface area contributed by atoms with Gasteiger partial charge in [-0.1, -0.05) is 0 Å². The lowest BCUT2D eigenvalue weighted by molar-refractivity contribution is -0.205. The number of aliphatic hydroxyl groups is 1. The van der Waals surface area contributed by atoms with Crippen LogP contribution >= 0.6 is 0 Å². The quantitative estimate of drug-likeness (QED) is 0.762. The van der Waals surface area contributed by atoms with Crippen molar-refractivity contribution in [2.75, 3.05) is 13.2 Å². The lowest BCUT2D eigenvalue weighted by atomic mass is 9.49. The number of aliphatic hydroxyl groups excluding tert-OH is 1. The number of amides is 1. The van der Waals surface area contributed by atoms with Crippen LogP contribution in [0.15, 0.2) is 0 Å². The summed E-state index contributed by atoms with van der Waals surface area (Å²) < 4.78 is 5.48. The Balaban J connectivity index is 1.36. The van der Waals surface area contributed by atoms with Gasteiger partial charge >= 0.3 is 0 Å². The second kappa shape index (κ2) is 6.69. The molecule has 1 heterocycles. The minimum Gasteiger partial charge on any atom is -0.396 e. The van der Waals surface area contributed by atoms with Crippen molar-refractivity contribution in [2.45, 2.75) is 57.7 Å². The third-order valence-electron chi connectivity index (χ3n) is 6.73. The summed E-state index contributed by atoms with van der Waals surface area (Å²) in [6, 6.07) is 0. The molecular formula is C18H29NO4. The van der Waals surface area contributed by atoms with Crippen LogP contribution in [0, 0.1) is 35.5 Å². The van der Waals surface area contributed by atoms with E-state index in [0.717, 1.165) is 31.1 Å². The smallest absolute Gasteiger partial charge is 0.249 e. The maximum atomic E-state index is 12.6. The molecule has 23 heavy (non-hydrogen) atoms. The Labute approximate surface area is 138 Å². The van der Waals surface area contributed by atoms with Gasteiger partial charge in [0.25, 0.3) is 0 Å². The van der Waals surface area contributed by atoms with Crippen molar-refractivity contribution in [3.63, 3.8) is 0 Å². The van der Waals surface area contributed by atoms with E-state index in [-0.39, 0.29) is 24.7 Å². The summed E-state index contributed by atoms with van der Waals surface area (Å²) in [5.41, 5.74) is 2.59. The van der Waals surface area contributed by atoms with E-state index in [1.54, 1.807) is 0 Å². The molecule has 5 rings (SSSR count). The van der Waals surface area contributed by atoms with Crippen molar-refractivity contribution in [3.8, 4) is 0 Å². The topological polar surface area (TPSA) is 67.8 Å². The predicted molar refractivity (Wildman–Crippen MR) is 83.9 cm³/mol. The van der Waals surface area contributed by atoms with E-state index in [9.17, 15) is 9.90 Å². The van der Waals surface area contributed by atoms with E-state index in [2.05, 4.69) is 5.48 Å². The number of ether oxygens (including phenoxy) is 1. The Bertz CT molecular complexity index is 407. The molecule has 130 valence electrons. The van der Waals surface area contributed by atoms with Gasteiger partial charge in [0.15, 0.2) is 6.29 Å². The molecule has 1 aliphatic heterocycles. The highest BCUT2D eigenvalue weighted by molar-refractivity contribution is 5.78. The first kappa shape index (κ1) is 15.9. The van der Waals surface area contributed by atoms with E-state index in [1.165, 1.54) is 32.1 Å². The molecule has 4 saturated carbocycles. The summed E-state index contributed by atoms with van der Waals surface area (Å²) in [7, 11) is 0. The summed E-state index contributed by atoms with van der Waals surface area (Å²) in [5.74, 6) is 2.86. The van der Waals surface area contributed by atoms with Gasteiger partial charge in [-0.2, -0.15) is 0 Å². The molecule has 2 atom stereocenters. The Morgan fingerprint density at radius 1 is 1.13 bits per heavy atom. The van der Waals surface area contributed by atoms with Crippen LogP contribution in [0.1, 0.15) is 51.4 Å². The molecular weight excluding hydrogens is 294 g/mol. The zero-order valence-electron chi connectivity index (χ0n) is 13.8. The van der Waals surface area contributed by atoms with Gasteiger partial charge in [0.2, 0.25) is 5.91 Å². The number of rotatable bonds is 5. The highest BCUT2D eigenvalue weighted by atomic mass is 16.8. The molecule has 2 unspecified atom stereocenters. The Hall–Kier alpha value is -0.650. The third-order valence-corrected chi connectivity index (χ3v) is 6.73. The number of hydrogen-bond acceptors (Lipinski definition) is 4. The first-order valence-electron chi connectivity index (χ1n) is 9.42. The van der Waals surface area contributed by atoms with Crippen LogP contribution in [-0.2, 0) is 14.4 Å². The van der Waals surface area contributed by atoms with Crippen molar-refractivity contribution in [3.05, 3.63) is 0 Å². The fourth-order valence-electron chi connectivity index (χ4n) is 6.01. The van der Waals surface area contributed by atoms with E-state index in [0.29, 0.717) is 24.4 Å². The molecule has 5 aliphatic rings. The van der Waals surface area contributed by atoms with Gasteiger partial charge in [-0.15, -0.1) is 0 Å². The predicted octanol–water partition coefficient (Wildman–Crippen LogP) is 2.24. The van der Waals surface area contributed by atoms with Crippen LogP contribution in [-0.4, -0.2) is 30.5 Å². The molecule has 5 heteroatoms. The summed E-state index contributed by atoms with van der Waals surface area (Å²) in [5, 5.41) is 9.87. The number of hydroxylamine groups is 1. The van der Waals surface area contributed by atoms with Crippen molar-refractivity contribution in [1.29, 1.82) is 0 Å². The third kappa shape index (κ3) is 3.15. The van der Waals surface area contributed by atoms with E-state index < -0.39 is 0 Å². The van der Waals surface area contributed by atoms with Gasteiger partial charge in [-0.3, -0.25) is 4.79 Å². The molecule has 4 aliphatic carbocycles. The van der Waals surface area contributed by atoms with Crippen LogP contribution in [0.2, 0.25) is 0 Å². The first-order chi connectivity index (χ1) is 11.2. The molecule has 1 saturated heterocycles. The van der Waals surface area contributed by atoms with Crippen LogP contribution in [0.4, 0.5) is 0 Å². The fourth-order valence-corrected chi connectivity index (χ4v) is 6.01. The second-order valence-electron chi connectivity index (χ2n) is 8.18. The Morgan fingerprint density at radius 2 is 1.83 bits per heavy atom. The van der Waals surface area contributed by atoms with Gasteiger partial charge in [0, 0.05) is 13.0 Å². The molecule has 0 aromatic carbocycles. The first-order valence-corrected chi connectivity index (χ1v) is 9.42. The highest BCUT2D eigenvalue weighted by Gasteiger charge is 2.51. The lowest BCUT2D eigenvalue weighted by Gasteiger charge is -2.56. The Kier molecular flexibility index (Phi) is 4.61. The standard InChI is InChI=1S/C18H29NO4/c20-10-15(18(21)19-23-16-3-1-2-4-22-16)17-13-6-11-5-12(8-13)9-14(17)7-11/h11-17,20H,1-10H2,(H,19,21). The van der Waals surface area contributed by atoms with Gasteiger partial charge < -0.3 is 9.84 Å². The number of hydrogen-bond donors (Lipinski definition) is 2. The molecule has 0 aromatic heterocycles. The van der Waals surface area contributed by atoms with Crippen LogP contribution < -0.4 is 5.48 Å². The summed E-state index contributed by atoms with van der Waals surface area (Å²) >= 11 is 0. The van der Waals surface area contributed by atoms with Crippen molar-refractivity contribution >= 4 is 5.91 Å². The zero-order chi connectivity index (χ0) is 15.8. The lowest BCUT2D eigenvalue weighted by Crippen LogP contribution is -2.52. The zero-order valence-corrected chi connectivity index (χ0v) is 13.8. The summed E-state index contributed by atoms with van der Waals surface area (Å²) in [6.07, 6.45) is 9.05. The minimum absolute atomic E-state index is 0.0757. The monoisotopic (exact) mass is 323 g/mol. The highest BCUT2D eigenvalue weighted by Crippen LogP contribution is 2.58. The second-order valence-corrected chi connectivity index (χ2v) is 8.18. The van der Waals surface area contributed by atoms with Crippen molar-refractivity contribution < 1.29 is 19.5 Å². The maximum absolute atomic E-state index is 12.6. The average molecular weight is 323 g/mol. The SMILES string of the molecule is O=C(NOC1CCCCO1)C(CO)C1C2CC3CC(C2)CC1C3. The maximum Gasteiger partial charge on any atom is 0.249 e. The fraction of sp³-hybridized carbons (Fsp3) is 0.944. The molecule has 0 spiro atoms. The normalized spacial score (nSPS) is 43.3. The molecule has 1 amide bonds. The molecule has 0 aromatic rings. The average Bonchev–Trinajstić information content (AvgIpc) is 2.56. The van der Waals surface area contributed by atoms with E-state index in [1.807, 2.05) is 0 Å². The van der Waals surface area contributed by atoms with Crippen LogP contribution in [0.3, 0.4) is 0 Å². The molecule has 4 bridgehead atoms. The summed E-state index contributed by atoms with van der Waals surface area (Å²) in [4.78, 5) is 18.0. The molecule has 0 radical (unpaired) electrons. The summed E-state index contributed by atoms with van der Waals surface area (Å²) in [6.45, 7) is 0.618. The molecule has 5 fully saturated rings. The molecule has 2 N–H and O–H groups in total. The van der Waals surface area contributed by atoms with Crippen molar-refractivity contribution in [2.24, 2.45) is 35.5 Å². The Morgan fingerprint density at radius 3 is 2.39 bits per heavy atom. The van der Waals surface area contributed by atoms with Crippen LogP contribution in [0.25, 0.3) is 0 Å². The molecule has 5 nitrogen and oxygen atoms in total.